The van der Waals surface area contributed by atoms with Crippen LogP contribution in [-0.4, -0.2) is 33.2 Å². The highest BCUT2D eigenvalue weighted by molar-refractivity contribution is 7.99. The second-order valence-electron chi connectivity index (χ2n) is 7.66. The summed E-state index contributed by atoms with van der Waals surface area (Å²) in [5, 5.41) is 3.27. The van der Waals surface area contributed by atoms with Crippen molar-refractivity contribution in [2.75, 3.05) is 22.6 Å². The number of thioether (sulfide) groups is 1. The summed E-state index contributed by atoms with van der Waals surface area (Å²) < 4.78 is 5.67. The molecule has 34 heavy (non-hydrogen) atoms. The van der Waals surface area contributed by atoms with Crippen molar-refractivity contribution in [3.8, 4) is 17.0 Å². The Morgan fingerprint density at radius 1 is 1.09 bits per heavy atom. The van der Waals surface area contributed by atoms with Gasteiger partial charge in [-0.3, -0.25) is 9.78 Å². The number of anilines is 3. The van der Waals surface area contributed by atoms with Gasteiger partial charge in [0.15, 0.2) is 6.61 Å². The SMILES string of the molecule is CCSc1ccc(Nc2nccc(-c3ccc4c(c3)N(Cc3cccnc3)C(=O)CO4)n2)cc1. The molecule has 0 bridgehead atoms. The van der Waals surface area contributed by atoms with E-state index in [-0.39, 0.29) is 12.5 Å². The summed E-state index contributed by atoms with van der Waals surface area (Å²) in [6.45, 7) is 2.58. The quantitative estimate of drug-likeness (QED) is 0.367. The maximum Gasteiger partial charge on any atom is 0.265 e. The molecule has 1 N–H and O–H groups in total. The van der Waals surface area contributed by atoms with Gasteiger partial charge in [-0.25, -0.2) is 9.97 Å². The second kappa shape index (κ2) is 9.93. The molecule has 0 unspecified atom stereocenters. The van der Waals surface area contributed by atoms with E-state index in [4.69, 9.17) is 9.72 Å². The minimum Gasteiger partial charge on any atom is -0.482 e. The number of hydrogen-bond acceptors (Lipinski definition) is 7. The van der Waals surface area contributed by atoms with Gasteiger partial charge in [0, 0.05) is 34.7 Å². The summed E-state index contributed by atoms with van der Waals surface area (Å²) in [4.78, 5) is 28.9. The molecule has 0 saturated heterocycles. The number of nitrogens with one attached hydrogen (secondary N) is 1. The molecule has 0 radical (unpaired) electrons. The van der Waals surface area contributed by atoms with E-state index in [0.717, 1.165) is 33.9 Å². The largest absolute Gasteiger partial charge is 0.482 e. The van der Waals surface area contributed by atoms with E-state index < -0.39 is 0 Å². The summed E-state index contributed by atoms with van der Waals surface area (Å²) >= 11 is 1.80. The van der Waals surface area contributed by atoms with Gasteiger partial charge in [-0.1, -0.05) is 13.0 Å². The van der Waals surface area contributed by atoms with Crippen molar-refractivity contribution in [1.82, 2.24) is 15.0 Å². The zero-order valence-electron chi connectivity index (χ0n) is 18.6. The Morgan fingerprint density at radius 2 is 1.97 bits per heavy atom. The molecule has 1 aliphatic heterocycles. The standard InChI is InChI=1S/C26H23N5O2S/c1-2-34-21-8-6-20(7-9-21)29-26-28-13-11-22(30-26)19-5-10-24-23(14-19)31(25(32)17-33-24)16-18-4-3-12-27-15-18/h3-15H,2,16-17H2,1H3,(H,28,29,30). The molecule has 2 aromatic carbocycles. The zero-order valence-corrected chi connectivity index (χ0v) is 19.5. The van der Waals surface area contributed by atoms with Gasteiger partial charge in [-0.15, -0.1) is 11.8 Å². The first kappa shape index (κ1) is 21.9. The third-order valence-electron chi connectivity index (χ3n) is 5.34. The molecule has 2 aromatic heterocycles. The van der Waals surface area contributed by atoms with E-state index >= 15 is 0 Å². The molecule has 7 nitrogen and oxygen atoms in total. The van der Waals surface area contributed by atoms with Gasteiger partial charge < -0.3 is 15.0 Å². The minimum absolute atomic E-state index is 0.0176. The zero-order chi connectivity index (χ0) is 23.3. The number of amides is 1. The van der Waals surface area contributed by atoms with Crippen molar-refractivity contribution in [3.05, 3.63) is 84.8 Å². The number of pyridine rings is 1. The number of rotatable bonds is 7. The van der Waals surface area contributed by atoms with Gasteiger partial charge in [-0.2, -0.15) is 0 Å². The number of benzene rings is 2. The van der Waals surface area contributed by atoms with E-state index in [2.05, 4.69) is 34.3 Å². The molecule has 1 aliphatic rings. The number of carbonyl (C=O) groups excluding carboxylic acids is 1. The lowest BCUT2D eigenvalue weighted by Crippen LogP contribution is -2.38. The van der Waals surface area contributed by atoms with Crippen LogP contribution in [0, 0.1) is 0 Å². The lowest BCUT2D eigenvalue weighted by Gasteiger charge is -2.29. The maximum atomic E-state index is 12.7. The molecule has 1 amide bonds. The van der Waals surface area contributed by atoms with Gasteiger partial charge in [0.2, 0.25) is 5.95 Å². The number of aromatic nitrogens is 3. The molecule has 0 aliphatic carbocycles. The normalized spacial score (nSPS) is 12.7. The third-order valence-corrected chi connectivity index (χ3v) is 6.23. The highest BCUT2D eigenvalue weighted by Crippen LogP contribution is 2.36. The average Bonchev–Trinajstić information content (AvgIpc) is 2.88. The van der Waals surface area contributed by atoms with E-state index in [9.17, 15) is 4.79 Å². The van der Waals surface area contributed by atoms with Gasteiger partial charge >= 0.3 is 0 Å². The number of nitrogens with zero attached hydrogens (tertiary/aromatic N) is 4. The van der Waals surface area contributed by atoms with E-state index in [1.54, 1.807) is 35.3 Å². The molecule has 4 aromatic rings. The summed E-state index contributed by atoms with van der Waals surface area (Å²) in [5.74, 6) is 2.12. The summed E-state index contributed by atoms with van der Waals surface area (Å²) in [6.07, 6.45) is 5.21. The summed E-state index contributed by atoms with van der Waals surface area (Å²) in [5.41, 5.74) is 4.21. The van der Waals surface area contributed by atoms with Crippen LogP contribution in [0.4, 0.5) is 17.3 Å². The van der Waals surface area contributed by atoms with Crippen LogP contribution in [0.2, 0.25) is 0 Å². The highest BCUT2D eigenvalue weighted by atomic mass is 32.2. The third kappa shape index (κ3) is 4.87. The number of hydrogen-bond donors (Lipinski definition) is 1. The van der Waals surface area contributed by atoms with Gasteiger partial charge in [-0.05, 0) is 65.9 Å². The smallest absolute Gasteiger partial charge is 0.265 e. The van der Waals surface area contributed by atoms with Gasteiger partial charge in [0.1, 0.15) is 5.75 Å². The first-order chi connectivity index (χ1) is 16.7. The number of fused-ring (bicyclic) bond motifs is 1. The molecule has 0 atom stereocenters. The van der Waals surface area contributed by atoms with Crippen LogP contribution in [-0.2, 0) is 11.3 Å². The predicted octanol–water partition coefficient (Wildman–Crippen LogP) is 5.32. The Balaban J connectivity index is 1.41. The van der Waals surface area contributed by atoms with E-state index in [0.29, 0.717) is 18.2 Å². The van der Waals surface area contributed by atoms with E-state index in [1.165, 1.54) is 4.90 Å². The summed E-state index contributed by atoms with van der Waals surface area (Å²) in [6, 6.07) is 19.6. The average molecular weight is 470 g/mol. The van der Waals surface area contributed by atoms with E-state index in [1.807, 2.05) is 48.5 Å². The van der Waals surface area contributed by atoms with Crippen molar-refractivity contribution in [2.45, 2.75) is 18.4 Å². The fourth-order valence-electron chi connectivity index (χ4n) is 3.72. The first-order valence-corrected chi connectivity index (χ1v) is 12.0. The van der Waals surface area contributed by atoms with Crippen LogP contribution < -0.4 is 15.0 Å². The minimum atomic E-state index is -0.0942. The first-order valence-electron chi connectivity index (χ1n) is 11.0. The number of ether oxygens (including phenoxy) is 1. The van der Waals surface area contributed by atoms with Crippen molar-refractivity contribution in [2.24, 2.45) is 0 Å². The lowest BCUT2D eigenvalue weighted by molar-refractivity contribution is -0.121. The Kier molecular flexibility index (Phi) is 6.40. The Morgan fingerprint density at radius 3 is 2.76 bits per heavy atom. The Bertz CT molecular complexity index is 1300. The van der Waals surface area contributed by atoms with Crippen LogP contribution in [0.15, 0.2) is 84.1 Å². The Hall–Kier alpha value is -3.91. The second-order valence-corrected chi connectivity index (χ2v) is 9.00. The Labute approximate surface area is 202 Å². The fourth-order valence-corrected chi connectivity index (χ4v) is 4.38. The lowest BCUT2D eigenvalue weighted by atomic mass is 10.1. The topological polar surface area (TPSA) is 80.2 Å². The molecule has 3 heterocycles. The van der Waals surface area contributed by atoms with Crippen molar-refractivity contribution >= 4 is 35.0 Å². The molecule has 5 rings (SSSR count). The summed E-state index contributed by atoms with van der Waals surface area (Å²) in [7, 11) is 0. The van der Waals surface area contributed by atoms with Crippen molar-refractivity contribution < 1.29 is 9.53 Å². The fraction of sp³-hybridized carbons (Fsp3) is 0.154. The van der Waals surface area contributed by atoms with Crippen LogP contribution >= 0.6 is 11.8 Å². The predicted molar refractivity (Wildman–Crippen MR) is 135 cm³/mol. The highest BCUT2D eigenvalue weighted by Gasteiger charge is 2.26. The molecular formula is C26H23N5O2S. The maximum absolute atomic E-state index is 12.7. The van der Waals surface area contributed by atoms with Crippen molar-refractivity contribution in [3.63, 3.8) is 0 Å². The molecule has 0 spiro atoms. The van der Waals surface area contributed by atoms with Crippen LogP contribution in [0.5, 0.6) is 5.75 Å². The van der Waals surface area contributed by atoms with Crippen LogP contribution in [0.25, 0.3) is 11.3 Å². The molecular weight excluding hydrogens is 446 g/mol. The van der Waals surface area contributed by atoms with Gasteiger partial charge in [0.25, 0.3) is 5.91 Å². The molecule has 170 valence electrons. The molecule has 0 fully saturated rings. The van der Waals surface area contributed by atoms with Crippen molar-refractivity contribution in [1.29, 1.82) is 0 Å². The molecule has 8 heteroatoms. The molecule has 0 saturated carbocycles. The van der Waals surface area contributed by atoms with Crippen LogP contribution in [0.3, 0.4) is 0 Å². The number of carbonyl (C=O) groups is 1. The monoisotopic (exact) mass is 469 g/mol. The van der Waals surface area contributed by atoms with Gasteiger partial charge in [0.05, 0.1) is 17.9 Å². The van der Waals surface area contributed by atoms with Crippen LogP contribution in [0.1, 0.15) is 12.5 Å².